The Kier molecular flexibility index (Phi) is 13.8. The van der Waals surface area contributed by atoms with Crippen molar-refractivity contribution in [2.45, 2.75) is 111 Å². The van der Waals surface area contributed by atoms with Crippen LogP contribution in [0.3, 0.4) is 0 Å². The molecular formula is C38H51ClN5O10P. The molecule has 0 aromatic heterocycles. The lowest BCUT2D eigenvalue weighted by Gasteiger charge is -2.30. The van der Waals surface area contributed by atoms with Crippen LogP contribution < -0.4 is 20.7 Å². The largest absolute Gasteiger partial charge is 0.488 e. The zero-order chi connectivity index (χ0) is 40.9. The third-order valence-corrected chi connectivity index (χ3v) is 9.86. The van der Waals surface area contributed by atoms with Crippen molar-refractivity contribution in [3.8, 4) is 5.75 Å². The fourth-order valence-corrected chi connectivity index (χ4v) is 7.14. The lowest BCUT2D eigenvalue weighted by Crippen LogP contribution is -2.52. The van der Waals surface area contributed by atoms with E-state index < -0.39 is 55.1 Å². The van der Waals surface area contributed by atoms with Crippen molar-refractivity contribution in [1.82, 2.24) is 20.4 Å². The van der Waals surface area contributed by atoms with E-state index in [1.807, 2.05) is 26.6 Å². The fraction of sp³-hybridized carbons (Fsp3) is 0.526. The van der Waals surface area contributed by atoms with Gasteiger partial charge in [0.15, 0.2) is 0 Å². The second-order valence-corrected chi connectivity index (χ2v) is 18.4. The van der Waals surface area contributed by atoms with Crippen molar-refractivity contribution in [2.24, 2.45) is 0 Å². The average molecular weight is 804 g/mol. The number of imide groups is 2. The number of ether oxygens (including phenoxy) is 3. The third kappa shape index (κ3) is 13.1. The summed E-state index contributed by atoms with van der Waals surface area (Å²) in [6, 6.07) is 8.92. The molecule has 0 saturated carbocycles. The van der Waals surface area contributed by atoms with Gasteiger partial charge in [0.05, 0.1) is 0 Å². The Bertz CT molecular complexity index is 1780. The van der Waals surface area contributed by atoms with Gasteiger partial charge < -0.3 is 34.3 Å². The predicted molar refractivity (Wildman–Crippen MR) is 207 cm³/mol. The van der Waals surface area contributed by atoms with Crippen LogP contribution in [0.1, 0.15) is 96.1 Å². The molecule has 17 heteroatoms. The SMILES string of the molecule is CP(CCC(C)(C)Oc1cc(Cl)cc(NC(=O)NCc2ccc3c(c2)CN(C2CCC(=O)NC2=O)C3=O)c1)OCN(C(=O)OC(C)(C)C)C(=O)OC(C)(C)C. The van der Waals surface area contributed by atoms with Gasteiger partial charge in [0, 0.05) is 50.0 Å². The summed E-state index contributed by atoms with van der Waals surface area (Å²) < 4.78 is 23.0. The van der Waals surface area contributed by atoms with Gasteiger partial charge in [-0.15, -0.1) is 0 Å². The summed E-state index contributed by atoms with van der Waals surface area (Å²) in [5.74, 6) is -0.660. The van der Waals surface area contributed by atoms with Gasteiger partial charge in [0.1, 0.15) is 35.3 Å². The molecule has 2 aliphatic rings. The highest BCUT2D eigenvalue weighted by atomic mass is 35.5. The van der Waals surface area contributed by atoms with Crippen LogP contribution in [0.15, 0.2) is 36.4 Å². The van der Waals surface area contributed by atoms with Crippen LogP contribution in [-0.4, -0.2) is 88.1 Å². The number of nitrogens with one attached hydrogen (secondary N) is 3. The highest BCUT2D eigenvalue weighted by Gasteiger charge is 2.39. The van der Waals surface area contributed by atoms with E-state index >= 15 is 0 Å². The Morgan fingerprint density at radius 3 is 2.24 bits per heavy atom. The molecule has 0 spiro atoms. The molecule has 55 heavy (non-hydrogen) atoms. The number of amides is 7. The number of urea groups is 1. The molecule has 3 N–H and O–H groups in total. The van der Waals surface area contributed by atoms with Crippen LogP contribution in [0.25, 0.3) is 0 Å². The number of anilines is 1. The standard InChI is InChI=1S/C38H51ClN5O10P/c1-36(2,3)53-34(49)44(35(50)54-37(4,5)6)22-51-55(9)15-14-38(7,8)52-27-18-25(39)17-26(19-27)41-33(48)40-20-23-10-11-28-24(16-23)21-43(32(28)47)29-12-13-30(45)42-31(29)46/h10-11,16-19,29H,12-15,20-22H2,1-9H3,(H2,40,41,48)(H,42,45,46). The van der Waals surface area contributed by atoms with E-state index in [0.29, 0.717) is 34.6 Å². The molecular weight excluding hydrogens is 753 g/mol. The number of piperidine rings is 1. The van der Waals surface area contributed by atoms with Gasteiger partial charge in [-0.3, -0.25) is 19.7 Å². The zero-order valence-corrected chi connectivity index (χ0v) is 34.4. The molecule has 7 amide bonds. The van der Waals surface area contributed by atoms with Crippen molar-refractivity contribution < 1.29 is 47.5 Å². The number of carbonyl (C=O) groups is 6. The number of carbonyl (C=O) groups excluding carboxylic acids is 6. The van der Waals surface area contributed by atoms with Gasteiger partial charge >= 0.3 is 18.2 Å². The van der Waals surface area contributed by atoms with Gasteiger partial charge in [0.25, 0.3) is 5.91 Å². The van der Waals surface area contributed by atoms with Crippen molar-refractivity contribution in [3.63, 3.8) is 0 Å². The molecule has 2 unspecified atom stereocenters. The fourth-order valence-electron chi connectivity index (χ4n) is 5.62. The monoisotopic (exact) mass is 803 g/mol. The normalized spacial score (nSPS) is 16.5. The summed E-state index contributed by atoms with van der Waals surface area (Å²) in [5, 5.41) is 8.22. The minimum Gasteiger partial charge on any atom is -0.488 e. The van der Waals surface area contributed by atoms with E-state index in [1.165, 1.54) is 4.90 Å². The molecule has 0 bridgehead atoms. The second-order valence-electron chi connectivity index (χ2n) is 16.0. The number of hydrogen-bond acceptors (Lipinski definition) is 10. The number of halogens is 1. The first kappa shape index (κ1) is 43.3. The first-order chi connectivity index (χ1) is 25.5. The Morgan fingerprint density at radius 1 is 0.964 bits per heavy atom. The number of nitrogens with zero attached hydrogens (tertiary/aromatic N) is 2. The van der Waals surface area contributed by atoms with Gasteiger partial charge in [-0.1, -0.05) is 23.7 Å². The van der Waals surface area contributed by atoms with Gasteiger partial charge in [-0.25, -0.2) is 14.4 Å². The maximum atomic E-state index is 13.0. The van der Waals surface area contributed by atoms with Crippen molar-refractivity contribution in [2.75, 3.05) is 24.9 Å². The predicted octanol–water partition coefficient (Wildman–Crippen LogP) is 7.14. The van der Waals surface area contributed by atoms with Crippen LogP contribution in [0, 0.1) is 0 Å². The van der Waals surface area contributed by atoms with E-state index in [0.717, 1.165) is 16.0 Å². The van der Waals surface area contributed by atoms with E-state index in [9.17, 15) is 28.8 Å². The number of fused-ring (bicyclic) bond motifs is 1. The van der Waals surface area contributed by atoms with E-state index in [2.05, 4.69) is 16.0 Å². The minimum atomic E-state index is -1.10. The number of rotatable bonds is 12. The van der Waals surface area contributed by atoms with Crippen molar-refractivity contribution >= 4 is 61.4 Å². The molecule has 2 atom stereocenters. The summed E-state index contributed by atoms with van der Waals surface area (Å²) in [5.41, 5.74) is 0.0368. The minimum absolute atomic E-state index is 0.165. The summed E-state index contributed by atoms with van der Waals surface area (Å²) in [7, 11) is -1.10. The molecule has 4 rings (SSSR count). The van der Waals surface area contributed by atoms with Crippen molar-refractivity contribution in [3.05, 3.63) is 58.1 Å². The van der Waals surface area contributed by atoms with Crippen LogP contribution in [0.2, 0.25) is 5.02 Å². The topological polar surface area (TPSA) is 182 Å². The van der Waals surface area contributed by atoms with E-state index in [1.54, 1.807) is 71.9 Å². The van der Waals surface area contributed by atoms with E-state index in [4.69, 9.17) is 30.3 Å². The first-order valence-electron chi connectivity index (χ1n) is 17.9. The number of benzene rings is 2. The smallest absolute Gasteiger partial charge is 0.421 e. The Labute approximate surface area is 327 Å². The summed E-state index contributed by atoms with van der Waals surface area (Å²) in [6.07, 6.45) is -0.173. The highest BCUT2D eigenvalue weighted by molar-refractivity contribution is 7.51. The molecule has 2 heterocycles. The summed E-state index contributed by atoms with van der Waals surface area (Å²) in [6.45, 7) is 15.9. The van der Waals surface area contributed by atoms with Gasteiger partial charge in [-0.05, 0) is 110 Å². The second kappa shape index (κ2) is 17.6. The van der Waals surface area contributed by atoms with E-state index in [-0.39, 0.29) is 44.5 Å². The maximum Gasteiger partial charge on any atom is 0.421 e. The Morgan fingerprint density at radius 2 is 1.62 bits per heavy atom. The molecule has 300 valence electrons. The molecule has 2 aromatic rings. The lowest BCUT2D eigenvalue weighted by atomic mass is 10.0. The lowest BCUT2D eigenvalue weighted by molar-refractivity contribution is -0.136. The molecule has 0 aliphatic carbocycles. The Balaban J connectivity index is 1.28. The molecule has 1 saturated heterocycles. The van der Waals surface area contributed by atoms with Gasteiger partial charge in [-0.2, -0.15) is 4.90 Å². The maximum absolute atomic E-state index is 13.0. The van der Waals surface area contributed by atoms with Crippen LogP contribution in [0.4, 0.5) is 20.1 Å². The quantitative estimate of drug-likeness (QED) is 0.113. The highest BCUT2D eigenvalue weighted by Crippen LogP contribution is 2.37. The molecule has 2 aliphatic heterocycles. The molecule has 0 radical (unpaired) electrons. The van der Waals surface area contributed by atoms with Crippen LogP contribution in [-0.2, 0) is 36.7 Å². The van der Waals surface area contributed by atoms with Crippen LogP contribution in [0.5, 0.6) is 5.75 Å². The van der Waals surface area contributed by atoms with Crippen LogP contribution >= 0.6 is 19.7 Å². The molecule has 15 nitrogen and oxygen atoms in total. The average Bonchev–Trinajstić information content (AvgIpc) is 3.35. The Hall–Kier alpha value is -4.46. The number of hydrogen-bond donors (Lipinski definition) is 3. The first-order valence-corrected chi connectivity index (χ1v) is 20.1. The summed E-state index contributed by atoms with van der Waals surface area (Å²) >= 11 is 6.39. The zero-order valence-electron chi connectivity index (χ0n) is 32.8. The third-order valence-electron chi connectivity index (χ3n) is 8.23. The van der Waals surface area contributed by atoms with Gasteiger partial charge in [0.2, 0.25) is 11.8 Å². The van der Waals surface area contributed by atoms with Crippen molar-refractivity contribution in [1.29, 1.82) is 0 Å². The molecule has 2 aromatic carbocycles. The summed E-state index contributed by atoms with van der Waals surface area (Å²) in [4.78, 5) is 77.7. The molecule has 1 fully saturated rings.